The molecular formula is C16H25BrClN3. The lowest BCUT2D eigenvalue weighted by Crippen LogP contribution is -2.46. The zero-order valence-electron chi connectivity index (χ0n) is 12.7. The maximum Gasteiger partial charge on any atom is 0.0549 e. The number of rotatable bonds is 5. The van der Waals surface area contributed by atoms with E-state index >= 15 is 0 Å². The fourth-order valence-corrected chi connectivity index (χ4v) is 3.55. The van der Waals surface area contributed by atoms with Crippen molar-refractivity contribution in [2.75, 3.05) is 31.5 Å². The molecule has 1 unspecified atom stereocenters. The summed E-state index contributed by atoms with van der Waals surface area (Å²) in [6.07, 6.45) is 4.61. The zero-order chi connectivity index (χ0) is 15.3. The Morgan fingerprint density at radius 1 is 1.38 bits per heavy atom. The van der Waals surface area contributed by atoms with Crippen molar-refractivity contribution in [3.63, 3.8) is 0 Å². The van der Waals surface area contributed by atoms with Gasteiger partial charge in [-0.05, 0) is 72.9 Å². The summed E-state index contributed by atoms with van der Waals surface area (Å²) in [5.74, 6) is 0. The van der Waals surface area contributed by atoms with Gasteiger partial charge < -0.3 is 16.0 Å². The summed E-state index contributed by atoms with van der Waals surface area (Å²) in [6.45, 7) is 6.39. The fourth-order valence-electron chi connectivity index (χ4n) is 3.05. The number of nitrogens with zero attached hydrogens (tertiary/aromatic N) is 1. The normalized spacial score (nSPS) is 23.8. The van der Waals surface area contributed by atoms with E-state index in [1.165, 1.54) is 25.9 Å². The molecule has 21 heavy (non-hydrogen) atoms. The summed E-state index contributed by atoms with van der Waals surface area (Å²) >= 11 is 9.55. The van der Waals surface area contributed by atoms with Gasteiger partial charge in [-0.3, -0.25) is 0 Å². The van der Waals surface area contributed by atoms with Crippen molar-refractivity contribution in [3.05, 3.63) is 27.7 Å². The molecule has 2 rings (SSSR count). The molecule has 0 aromatic heterocycles. The summed E-state index contributed by atoms with van der Waals surface area (Å²) in [4.78, 5) is 2.55. The summed E-state index contributed by atoms with van der Waals surface area (Å²) in [6, 6.07) is 5.98. The second-order valence-electron chi connectivity index (χ2n) is 5.93. The summed E-state index contributed by atoms with van der Waals surface area (Å²) in [7, 11) is 0. The second kappa shape index (κ2) is 7.82. The van der Waals surface area contributed by atoms with Crippen LogP contribution in [-0.4, -0.2) is 36.6 Å². The SMILES string of the molecule is CCCN1CCCC(CN)(Nc2ccc(Cl)c(Br)c2)CC1. The molecule has 1 aliphatic heterocycles. The van der Waals surface area contributed by atoms with Crippen LogP contribution in [0, 0.1) is 0 Å². The van der Waals surface area contributed by atoms with Gasteiger partial charge in [-0.2, -0.15) is 0 Å². The molecule has 1 heterocycles. The van der Waals surface area contributed by atoms with Gasteiger partial charge >= 0.3 is 0 Å². The molecule has 1 saturated heterocycles. The third kappa shape index (κ3) is 4.59. The predicted molar refractivity (Wildman–Crippen MR) is 95.1 cm³/mol. The minimum Gasteiger partial charge on any atom is -0.378 e. The number of anilines is 1. The first-order valence-corrected chi connectivity index (χ1v) is 8.91. The van der Waals surface area contributed by atoms with Crippen molar-refractivity contribution in [2.24, 2.45) is 5.73 Å². The van der Waals surface area contributed by atoms with Gasteiger partial charge in [0.2, 0.25) is 0 Å². The first-order chi connectivity index (χ1) is 10.1. The lowest BCUT2D eigenvalue weighted by molar-refractivity contribution is 0.279. The minimum atomic E-state index is -0.00421. The van der Waals surface area contributed by atoms with E-state index in [1.807, 2.05) is 18.2 Å². The van der Waals surface area contributed by atoms with Gasteiger partial charge in [0, 0.05) is 23.2 Å². The van der Waals surface area contributed by atoms with Crippen LogP contribution in [0.2, 0.25) is 5.02 Å². The highest BCUT2D eigenvalue weighted by Crippen LogP contribution is 2.30. The van der Waals surface area contributed by atoms with E-state index in [1.54, 1.807) is 0 Å². The van der Waals surface area contributed by atoms with Crippen LogP contribution >= 0.6 is 27.5 Å². The topological polar surface area (TPSA) is 41.3 Å². The Balaban J connectivity index is 2.08. The van der Waals surface area contributed by atoms with Gasteiger partial charge in [0.05, 0.1) is 10.6 Å². The van der Waals surface area contributed by atoms with Crippen LogP contribution in [-0.2, 0) is 0 Å². The lowest BCUT2D eigenvalue weighted by atomic mass is 9.90. The van der Waals surface area contributed by atoms with Crippen LogP contribution in [0.15, 0.2) is 22.7 Å². The van der Waals surface area contributed by atoms with Crippen molar-refractivity contribution in [2.45, 2.75) is 38.1 Å². The molecule has 0 spiro atoms. The molecule has 1 aromatic rings. The van der Waals surface area contributed by atoms with Crippen molar-refractivity contribution in [3.8, 4) is 0 Å². The third-order valence-electron chi connectivity index (χ3n) is 4.30. The number of benzene rings is 1. The van der Waals surface area contributed by atoms with E-state index in [0.717, 1.165) is 34.6 Å². The molecule has 3 nitrogen and oxygen atoms in total. The molecule has 0 amide bonds. The largest absolute Gasteiger partial charge is 0.378 e. The van der Waals surface area contributed by atoms with Gasteiger partial charge in [-0.15, -0.1) is 0 Å². The highest BCUT2D eigenvalue weighted by atomic mass is 79.9. The van der Waals surface area contributed by atoms with Crippen molar-refractivity contribution in [1.82, 2.24) is 4.90 Å². The molecule has 3 N–H and O–H groups in total. The van der Waals surface area contributed by atoms with E-state index < -0.39 is 0 Å². The van der Waals surface area contributed by atoms with Gasteiger partial charge in [0.25, 0.3) is 0 Å². The number of hydrogen-bond acceptors (Lipinski definition) is 3. The Labute approximate surface area is 141 Å². The molecule has 5 heteroatoms. The van der Waals surface area contributed by atoms with Gasteiger partial charge in [-0.25, -0.2) is 0 Å². The molecule has 0 saturated carbocycles. The first kappa shape index (κ1) is 17.1. The van der Waals surface area contributed by atoms with Gasteiger partial charge in [0.1, 0.15) is 0 Å². The minimum absolute atomic E-state index is 0.00421. The van der Waals surface area contributed by atoms with Crippen molar-refractivity contribution in [1.29, 1.82) is 0 Å². The van der Waals surface area contributed by atoms with E-state index in [0.29, 0.717) is 6.54 Å². The number of hydrogen-bond donors (Lipinski definition) is 2. The first-order valence-electron chi connectivity index (χ1n) is 7.74. The maximum absolute atomic E-state index is 6.12. The van der Waals surface area contributed by atoms with Crippen molar-refractivity contribution < 1.29 is 0 Å². The summed E-state index contributed by atoms with van der Waals surface area (Å²) in [5.41, 5.74) is 7.20. The Hall–Kier alpha value is -0.290. The lowest BCUT2D eigenvalue weighted by Gasteiger charge is -2.34. The molecular weight excluding hydrogens is 350 g/mol. The van der Waals surface area contributed by atoms with Crippen LogP contribution in [0.1, 0.15) is 32.6 Å². The molecule has 1 aliphatic rings. The van der Waals surface area contributed by atoms with Crippen molar-refractivity contribution >= 4 is 33.2 Å². The van der Waals surface area contributed by atoms with Crippen LogP contribution in [0.4, 0.5) is 5.69 Å². The Kier molecular flexibility index (Phi) is 6.35. The number of halogens is 2. The highest BCUT2D eigenvalue weighted by molar-refractivity contribution is 9.10. The van der Waals surface area contributed by atoms with E-state index in [2.05, 4.69) is 33.1 Å². The second-order valence-corrected chi connectivity index (χ2v) is 7.20. The zero-order valence-corrected chi connectivity index (χ0v) is 15.0. The number of nitrogens with one attached hydrogen (secondary N) is 1. The standard InChI is InChI=1S/C16H25BrClN3/c1-2-8-21-9-3-6-16(12-19,7-10-21)20-13-4-5-15(18)14(17)11-13/h4-5,11,20H,2-3,6-10,12,19H2,1H3. The molecule has 1 aromatic carbocycles. The Morgan fingerprint density at radius 3 is 2.86 bits per heavy atom. The molecule has 118 valence electrons. The van der Waals surface area contributed by atoms with E-state index in [9.17, 15) is 0 Å². The summed E-state index contributed by atoms with van der Waals surface area (Å²) < 4.78 is 0.919. The van der Waals surface area contributed by atoms with Crippen LogP contribution in [0.3, 0.4) is 0 Å². The molecule has 0 aliphatic carbocycles. The quantitative estimate of drug-likeness (QED) is 0.815. The monoisotopic (exact) mass is 373 g/mol. The van der Waals surface area contributed by atoms with Crippen LogP contribution < -0.4 is 11.1 Å². The van der Waals surface area contributed by atoms with Crippen LogP contribution in [0.25, 0.3) is 0 Å². The Bertz CT molecular complexity index is 469. The highest BCUT2D eigenvalue weighted by Gasteiger charge is 2.31. The maximum atomic E-state index is 6.12. The van der Waals surface area contributed by atoms with Gasteiger partial charge in [-0.1, -0.05) is 18.5 Å². The molecule has 0 bridgehead atoms. The molecule has 0 radical (unpaired) electrons. The van der Waals surface area contributed by atoms with E-state index in [-0.39, 0.29) is 5.54 Å². The van der Waals surface area contributed by atoms with E-state index in [4.69, 9.17) is 17.3 Å². The van der Waals surface area contributed by atoms with Gasteiger partial charge in [0.15, 0.2) is 0 Å². The average Bonchev–Trinajstić information content (AvgIpc) is 2.67. The average molecular weight is 375 g/mol. The Morgan fingerprint density at radius 2 is 2.19 bits per heavy atom. The smallest absolute Gasteiger partial charge is 0.0549 e. The summed E-state index contributed by atoms with van der Waals surface area (Å²) in [5, 5.41) is 4.41. The molecule has 1 fully saturated rings. The third-order valence-corrected chi connectivity index (χ3v) is 5.51. The molecule has 1 atom stereocenters. The van der Waals surface area contributed by atoms with Crippen LogP contribution in [0.5, 0.6) is 0 Å². The predicted octanol–water partition coefficient (Wildman–Crippen LogP) is 4.11. The number of nitrogens with two attached hydrogens (primary N) is 1. The number of likely N-dealkylation sites (tertiary alicyclic amines) is 1. The fraction of sp³-hybridized carbons (Fsp3) is 0.625.